The summed E-state index contributed by atoms with van der Waals surface area (Å²) >= 11 is 0. The molecule has 0 spiro atoms. The molecule has 2 atom stereocenters. The van der Waals surface area contributed by atoms with E-state index < -0.39 is 11.5 Å². The molecule has 4 N–H and O–H groups in total. The highest BCUT2D eigenvalue weighted by Crippen LogP contribution is 2.26. The molecule has 25 heavy (non-hydrogen) atoms. The quantitative estimate of drug-likeness (QED) is 0.687. The van der Waals surface area contributed by atoms with Gasteiger partial charge in [-0.1, -0.05) is 56.3 Å². The Morgan fingerprint density at radius 3 is 2.24 bits per heavy atom. The highest BCUT2D eigenvalue weighted by atomic mass is 16.5. The number of hydrogen-bond donors (Lipinski definition) is 3. The Kier molecular flexibility index (Phi) is 6.17. The van der Waals surface area contributed by atoms with Gasteiger partial charge in [-0.3, -0.25) is 4.79 Å². The standard InChI is InChI=1S/C20H26N2O3/c1-14(2)18(15-9-11-17(25-3)12-10-15)22-13-20(24,19(21)23)16-7-5-4-6-8-16/h4-12,14,18,22,24H,13H2,1-3H3,(H2,21,23)/t18-,20-/m1/s1. The lowest BCUT2D eigenvalue weighted by atomic mass is 9.90. The van der Waals surface area contributed by atoms with Crippen LogP contribution in [0.2, 0.25) is 0 Å². The van der Waals surface area contributed by atoms with Crippen molar-refractivity contribution < 1.29 is 14.6 Å². The maximum Gasteiger partial charge on any atom is 0.255 e. The molecule has 0 aliphatic rings. The van der Waals surface area contributed by atoms with Crippen molar-refractivity contribution in [2.24, 2.45) is 11.7 Å². The van der Waals surface area contributed by atoms with Gasteiger partial charge in [-0.05, 0) is 29.2 Å². The number of carbonyl (C=O) groups excluding carboxylic acids is 1. The Morgan fingerprint density at radius 2 is 1.76 bits per heavy atom. The van der Waals surface area contributed by atoms with Gasteiger partial charge in [0.25, 0.3) is 5.91 Å². The molecule has 0 aliphatic carbocycles. The molecule has 0 bridgehead atoms. The average molecular weight is 342 g/mol. The summed E-state index contributed by atoms with van der Waals surface area (Å²) in [7, 11) is 1.63. The number of ether oxygens (including phenoxy) is 1. The van der Waals surface area contributed by atoms with Crippen LogP contribution in [0.1, 0.15) is 31.0 Å². The fraction of sp³-hybridized carbons (Fsp3) is 0.350. The Labute approximate surface area is 148 Å². The predicted molar refractivity (Wildman–Crippen MR) is 98.1 cm³/mol. The molecule has 0 aliphatic heterocycles. The van der Waals surface area contributed by atoms with Crippen molar-refractivity contribution in [3.05, 3.63) is 65.7 Å². The molecular weight excluding hydrogens is 316 g/mol. The van der Waals surface area contributed by atoms with Crippen LogP contribution in [-0.2, 0) is 10.4 Å². The van der Waals surface area contributed by atoms with Crippen LogP contribution in [0, 0.1) is 5.92 Å². The third-order valence-electron chi connectivity index (χ3n) is 4.38. The van der Waals surface area contributed by atoms with Crippen LogP contribution in [0.4, 0.5) is 0 Å². The number of rotatable bonds is 8. The summed E-state index contributed by atoms with van der Waals surface area (Å²) < 4.78 is 5.19. The summed E-state index contributed by atoms with van der Waals surface area (Å²) in [5, 5.41) is 14.2. The molecule has 0 unspecified atom stereocenters. The summed E-state index contributed by atoms with van der Waals surface area (Å²) in [4.78, 5) is 11.9. The van der Waals surface area contributed by atoms with Crippen molar-refractivity contribution in [2.45, 2.75) is 25.5 Å². The molecule has 0 saturated heterocycles. The minimum absolute atomic E-state index is 0.0290. The Balaban J connectivity index is 2.22. The van der Waals surface area contributed by atoms with Crippen LogP contribution in [0.25, 0.3) is 0 Å². The van der Waals surface area contributed by atoms with Crippen LogP contribution < -0.4 is 15.8 Å². The summed E-state index contributed by atoms with van der Waals surface area (Å²) in [5.74, 6) is 0.258. The molecule has 2 aromatic carbocycles. The van der Waals surface area contributed by atoms with Gasteiger partial charge in [0.05, 0.1) is 7.11 Å². The zero-order valence-corrected chi connectivity index (χ0v) is 14.9. The van der Waals surface area contributed by atoms with Gasteiger partial charge < -0.3 is 20.9 Å². The van der Waals surface area contributed by atoms with Crippen LogP contribution in [0.3, 0.4) is 0 Å². The van der Waals surface area contributed by atoms with Gasteiger partial charge in [0.15, 0.2) is 5.60 Å². The van der Waals surface area contributed by atoms with Crippen LogP contribution >= 0.6 is 0 Å². The van der Waals surface area contributed by atoms with Gasteiger partial charge in [0.1, 0.15) is 5.75 Å². The largest absolute Gasteiger partial charge is 0.497 e. The number of benzene rings is 2. The van der Waals surface area contributed by atoms with Crippen LogP contribution in [0.15, 0.2) is 54.6 Å². The molecule has 1 amide bonds. The van der Waals surface area contributed by atoms with Crippen molar-refractivity contribution in [3.63, 3.8) is 0 Å². The van der Waals surface area contributed by atoms with Crippen molar-refractivity contribution in [2.75, 3.05) is 13.7 Å². The molecule has 0 heterocycles. The monoisotopic (exact) mass is 342 g/mol. The van der Waals surface area contributed by atoms with E-state index in [0.717, 1.165) is 11.3 Å². The van der Waals surface area contributed by atoms with Crippen molar-refractivity contribution in [3.8, 4) is 5.75 Å². The topological polar surface area (TPSA) is 84.6 Å². The van der Waals surface area contributed by atoms with Gasteiger partial charge in [0.2, 0.25) is 0 Å². The zero-order chi connectivity index (χ0) is 18.4. The normalized spacial score (nSPS) is 14.8. The van der Waals surface area contributed by atoms with Gasteiger partial charge in [-0.25, -0.2) is 0 Å². The fourth-order valence-electron chi connectivity index (χ4n) is 2.85. The molecular formula is C20H26N2O3. The third kappa shape index (κ3) is 4.38. The Morgan fingerprint density at radius 1 is 1.16 bits per heavy atom. The number of aliphatic hydroxyl groups is 1. The third-order valence-corrected chi connectivity index (χ3v) is 4.38. The predicted octanol–water partition coefficient (Wildman–Crippen LogP) is 2.36. The van der Waals surface area contributed by atoms with Crippen molar-refractivity contribution >= 4 is 5.91 Å². The Hall–Kier alpha value is -2.37. The average Bonchev–Trinajstić information content (AvgIpc) is 2.62. The lowest BCUT2D eigenvalue weighted by Crippen LogP contribution is -2.49. The number of methoxy groups -OCH3 is 1. The first-order valence-corrected chi connectivity index (χ1v) is 8.33. The second-order valence-electron chi connectivity index (χ2n) is 6.47. The van der Waals surface area contributed by atoms with E-state index in [-0.39, 0.29) is 18.5 Å². The molecule has 0 saturated carbocycles. The molecule has 0 radical (unpaired) electrons. The van der Waals surface area contributed by atoms with Crippen LogP contribution in [0.5, 0.6) is 5.75 Å². The van der Waals surface area contributed by atoms with Gasteiger partial charge >= 0.3 is 0 Å². The lowest BCUT2D eigenvalue weighted by Gasteiger charge is -2.30. The van der Waals surface area contributed by atoms with E-state index in [0.29, 0.717) is 5.56 Å². The van der Waals surface area contributed by atoms with E-state index in [4.69, 9.17) is 10.5 Å². The molecule has 2 rings (SSSR count). The number of hydrogen-bond acceptors (Lipinski definition) is 4. The molecule has 0 aromatic heterocycles. The molecule has 0 fully saturated rings. The highest BCUT2D eigenvalue weighted by Gasteiger charge is 2.36. The molecule has 5 nitrogen and oxygen atoms in total. The molecule has 5 heteroatoms. The van der Waals surface area contributed by atoms with E-state index in [9.17, 15) is 9.90 Å². The van der Waals surface area contributed by atoms with Crippen LogP contribution in [-0.4, -0.2) is 24.7 Å². The summed E-state index contributed by atoms with van der Waals surface area (Å²) in [6.07, 6.45) is 0. The van der Waals surface area contributed by atoms with Crippen molar-refractivity contribution in [1.29, 1.82) is 0 Å². The minimum Gasteiger partial charge on any atom is -0.497 e. The number of primary amides is 1. The summed E-state index contributed by atoms with van der Waals surface area (Å²) in [6.45, 7) is 4.18. The van der Waals surface area contributed by atoms with E-state index in [1.165, 1.54) is 0 Å². The zero-order valence-electron chi connectivity index (χ0n) is 14.9. The lowest BCUT2D eigenvalue weighted by molar-refractivity contribution is -0.137. The Bertz CT molecular complexity index is 686. The van der Waals surface area contributed by atoms with Gasteiger partial charge in [-0.15, -0.1) is 0 Å². The first-order valence-electron chi connectivity index (χ1n) is 8.33. The first kappa shape index (κ1) is 19.0. The SMILES string of the molecule is COc1ccc([C@H](NC[C@](O)(C(N)=O)c2ccccc2)C(C)C)cc1. The molecule has 2 aromatic rings. The fourth-order valence-corrected chi connectivity index (χ4v) is 2.85. The van der Waals surface area contributed by atoms with E-state index in [1.807, 2.05) is 30.3 Å². The minimum atomic E-state index is -1.76. The highest BCUT2D eigenvalue weighted by molar-refractivity contribution is 5.85. The number of nitrogens with two attached hydrogens (primary N) is 1. The van der Waals surface area contributed by atoms with E-state index in [2.05, 4.69) is 19.2 Å². The van der Waals surface area contributed by atoms with E-state index >= 15 is 0 Å². The van der Waals surface area contributed by atoms with Gasteiger partial charge in [-0.2, -0.15) is 0 Å². The van der Waals surface area contributed by atoms with Gasteiger partial charge in [0, 0.05) is 12.6 Å². The second-order valence-corrected chi connectivity index (χ2v) is 6.47. The van der Waals surface area contributed by atoms with Crippen molar-refractivity contribution in [1.82, 2.24) is 5.32 Å². The molecule has 134 valence electrons. The maximum absolute atomic E-state index is 11.9. The number of amides is 1. The number of nitrogens with one attached hydrogen (secondary N) is 1. The first-order chi connectivity index (χ1) is 11.9. The smallest absolute Gasteiger partial charge is 0.255 e. The maximum atomic E-state index is 11.9. The summed E-state index contributed by atoms with van der Waals surface area (Å²) in [5.41, 5.74) is 5.26. The van der Waals surface area contributed by atoms with E-state index in [1.54, 1.807) is 31.4 Å². The summed E-state index contributed by atoms with van der Waals surface area (Å²) in [6, 6.07) is 16.5. The number of carbonyl (C=O) groups is 1. The second kappa shape index (κ2) is 8.14.